The fraction of sp³-hybridized carbons (Fsp3) is 0.294. The van der Waals surface area contributed by atoms with Gasteiger partial charge in [-0.2, -0.15) is 0 Å². The second-order valence-electron chi connectivity index (χ2n) is 4.82. The zero-order valence-corrected chi connectivity index (χ0v) is 12.2. The van der Waals surface area contributed by atoms with Crippen LogP contribution in [0.3, 0.4) is 0 Å². The molecule has 2 rings (SSSR count). The monoisotopic (exact) mass is 273 g/mol. The lowest BCUT2D eigenvalue weighted by Gasteiger charge is -2.14. The Morgan fingerprint density at radius 2 is 1.53 bits per heavy atom. The maximum atomic E-state index is 5.90. The van der Waals surface area contributed by atoms with Gasteiger partial charge >= 0.3 is 0 Å². The number of halogens is 1. The van der Waals surface area contributed by atoms with Crippen LogP contribution in [0.15, 0.2) is 48.5 Å². The second-order valence-corrected chi connectivity index (χ2v) is 5.26. The predicted molar refractivity (Wildman–Crippen MR) is 82.5 cm³/mol. The van der Waals surface area contributed by atoms with E-state index in [4.69, 9.17) is 11.6 Å². The van der Waals surface area contributed by atoms with Crippen LogP contribution < -0.4 is 5.32 Å². The second kappa shape index (κ2) is 6.74. The van der Waals surface area contributed by atoms with Crippen molar-refractivity contribution in [2.45, 2.75) is 32.9 Å². The van der Waals surface area contributed by atoms with Crippen LogP contribution in [0.5, 0.6) is 0 Å². The molecule has 0 heterocycles. The van der Waals surface area contributed by atoms with E-state index in [2.05, 4.69) is 55.6 Å². The van der Waals surface area contributed by atoms with Gasteiger partial charge < -0.3 is 5.32 Å². The molecule has 0 aliphatic carbocycles. The molecule has 1 nitrogen and oxygen atoms in total. The van der Waals surface area contributed by atoms with Gasteiger partial charge in [0.15, 0.2) is 0 Å². The molecule has 0 aliphatic rings. The Bertz CT molecular complexity index is 502. The fourth-order valence-electron chi connectivity index (χ4n) is 2.03. The molecule has 0 aromatic heterocycles. The van der Waals surface area contributed by atoms with E-state index in [1.54, 1.807) is 0 Å². The van der Waals surface area contributed by atoms with Crippen LogP contribution in [0.4, 0.5) is 0 Å². The van der Waals surface area contributed by atoms with Crippen molar-refractivity contribution in [3.05, 3.63) is 70.2 Å². The third-order valence-electron chi connectivity index (χ3n) is 3.41. The van der Waals surface area contributed by atoms with E-state index >= 15 is 0 Å². The van der Waals surface area contributed by atoms with Gasteiger partial charge in [-0.05, 0) is 42.2 Å². The standard InChI is InChI=1S/C17H20ClN/c1-3-14-4-6-15(7-5-14)12-19-13(2)16-8-10-17(18)11-9-16/h4-11,13,19H,3,12H2,1-2H3/t13-/m0/s1. The first-order valence-electron chi connectivity index (χ1n) is 6.75. The van der Waals surface area contributed by atoms with E-state index in [9.17, 15) is 0 Å². The van der Waals surface area contributed by atoms with Crippen LogP contribution in [0.1, 0.15) is 36.6 Å². The molecule has 0 saturated heterocycles. The molecular weight excluding hydrogens is 254 g/mol. The van der Waals surface area contributed by atoms with Gasteiger partial charge in [0.05, 0.1) is 0 Å². The van der Waals surface area contributed by atoms with Gasteiger partial charge in [-0.15, -0.1) is 0 Å². The molecule has 2 heteroatoms. The minimum Gasteiger partial charge on any atom is -0.306 e. The highest BCUT2D eigenvalue weighted by Gasteiger charge is 2.04. The van der Waals surface area contributed by atoms with Crippen LogP contribution in [0, 0.1) is 0 Å². The summed E-state index contributed by atoms with van der Waals surface area (Å²) in [5, 5.41) is 4.31. The lowest BCUT2D eigenvalue weighted by Crippen LogP contribution is -2.17. The first-order chi connectivity index (χ1) is 9.19. The van der Waals surface area contributed by atoms with Gasteiger partial charge in [0.25, 0.3) is 0 Å². The summed E-state index contributed by atoms with van der Waals surface area (Å²) in [4.78, 5) is 0. The zero-order valence-electron chi connectivity index (χ0n) is 11.5. The number of nitrogens with one attached hydrogen (secondary N) is 1. The van der Waals surface area contributed by atoms with Crippen molar-refractivity contribution in [2.75, 3.05) is 0 Å². The lowest BCUT2D eigenvalue weighted by molar-refractivity contribution is 0.574. The molecule has 0 amide bonds. The lowest BCUT2D eigenvalue weighted by atomic mass is 10.1. The number of rotatable bonds is 5. The van der Waals surface area contributed by atoms with E-state index in [1.807, 2.05) is 12.1 Å². The summed E-state index contributed by atoms with van der Waals surface area (Å²) in [6.45, 7) is 5.23. The third-order valence-corrected chi connectivity index (χ3v) is 3.67. The van der Waals surface area contributed by atoms with Crippen molar-refractivity contribution in [2.24, 2.45) is 0 Å². The quantitative estimate of drug-likeness (QED) is 0.829. The SMILES string of the molecule is CCc1ccc(CN[C@@H](C)c2ccc(Cl)cc2)cc1. The summed E-state index contributed by atoms with van der Waals surface area (Å²) in [5.74, 6) is 0. The van der Waals surface area contributed by atoms with Crippen molar-refractivity contribution >= 4 is 11.6 Å². The maximum Gasteiger partial charge on any atom is 0.0406 e. The molecule has 19 heavy (non-hydrogen) atoms. The Morgan fingerprint density at radius 1 is 0.947 bits per heavy atom. The molecule has 2 aromatic rings. The summed E-state index contributed by atoms with van der Waals surface area (Å²) in [6.07, 6.45) is 1.09. The van der Waals surface area contributed by atoms with Gasteiger partial charge in [0, 0.05) is 17.6 Å². The Hall–Kier alpha value is -1.31. The predicted octanol–water partition coefficient (Wildman–Crippen LogP) is 4.75. The molecule has 0 unspecified atom stereocenters. The average Bonchev–Trinajstić information content (AvgIpc) is 2.46. The molecule has 0 spiro atoms. The molecule has 0 saturated carbocycles. The highest BCUT2D eigenvalue weighted by atomic mass is 35.5. The van der Waals surface area contributed by atoms with Gasteiger partial charge in [-0.1, -0.05) is 54.9 Å². The number of hydrogen-bond acceptors (Lipinski definition) is 1. The number of hydrogen-bond donors (Lipinski definition) is 1. The third kappa shape index (κ3) is 4.09. The van der Waals surface area contributed by atoms with Gasteiger partial charge in [0.1, 0.15) is 0 Å². The summed E-state index contributed by atoms with van der Waals surface area (Å²) in [6, 6.07) is 17.1. The molecule has 0 radical (unpaired) electrons. The molecule has 0 aliphatic heterocycles. The largest absolute Gasteiger partial charge is 0.306 e. The molecule has 100 valence electrons. The summed E-state index contributed by atoms with van der Waals surface area (Å²) in [7, 11) is 0. The Labute approximate surface area is 120 Å². The van der Waals surface area contributed by atoms with Crippen molar-refractivity contribution < 1.29 is 0 Å². The number of benzene rings is 2. The van der Waals surface area contributed by atoms with Crippen LogP contribution in [-0.2, 0) is 13.0 Å². The normalized spacial score (nSPS) is 12.4. The van der Waals surface area contributed by atoms with E-state index in [0.717, 1.165) is 18.0 Å². The van der Waals surface area contributed by atoms with Gasteiger partial charge in [0.2, 0.25) is 0 Å². The summed E-state index contributed by atoms with van der Waals surface area (Å²) in [5.41, 5.74) is 3.96. The van der Waals surface area contributed by atoms with Crippen molar-refractivity contribution in [1.29, 1.82) is 0 Å². The Morgan fingerprint density at radius 3 is 2.11 bits per heavy atom. The molecular formula is C17H20ClN. The maximum absolute atomic E-state index is 5.90. The minimum absolute atomic E-state index is 0.322. The van der Waals surface area contributed by atoms with E-state index in [-0.39, 0.29) is 0 Å². The van der Waals surface area contributed by atoms with E-state index in [1.165, 1.54) is 16.7 Å². The Balaban J connectivity index is 1.92. The molecule has 1 N–H and O–H groups in total. The molecule has 2 aromatic carbocycles. The van der Waals surface area contributed by atoms with E-state index < -0.39 is 0 Å². The minimum atomic E-state index is 0.322. The highest BCUT2D eigenvalue weighted by Crippen LogP contribution is 2.16. The molecule has 0 fully saturated rings. The summed E-state index contributed by atoms with van der Waals surface area (Å²) >= 11 is 5.90. The van der Waals surface area contributed by atoms with E-state index in [0.29, 0.717) is 6.04 Å². The van der Waals surface area contributed by atoms with Crippen LogP contribution in [0.2, 0.25) is 5.02 Å². The summed E-state index contributed by atoms with van der Waals surface area (Å²) < 4.78 is 0. The molecule has 0 bridgehead atoms. The first kappa shape index (κ1) is 14.1. The van der Waals surface area contributed by atoms with Crippen LogP contribution in [0.25, 0.3) is 0 Å². The molecule has 1 atom stereocenters. The highest BCUT2D eigenvalue weighted by molar-refractivity contribution is 6.30. The average molecular weight is 274 g/mol. The van der Waals surface area contributed by atoms with Crippen molar-refractivity contribution in [3.63, 3.8) is 0 Å². The van der Waals surface area contributed by atoms with Gasteiger partial charge in [-0.3, -0.25) is 0 Å². The first-order valence-corrected chi connectivity index (χ1v) is 7.13. The topological polar surface area (TPSA) is 12.0 Å². The fourth-order valence-corrected chi connectivity index (χ4v) is 2.16. The van der Waals surface area contributed by atoms with Crippen molar-refractivity contribution in [3.8, 4) is 0 Å². The van der Waals surface area contributed by atoms with Crippen molar-refractivity contribution in [1.82, 2.24) is 5.32 Å². The zero-order chi connectivity index (χ0) is 13.7. The van der Waals surface area contributed by atoms with Crippen LogP contribution in [-0.4, -0.2) is 0 Å². The number of aryl methyl sites for hydroxylation is 1. The van der Waals surface area contributed by atoms with Crippen LogP contribution >= 0.6 is 11.6 Å². The smallest absolute Gasteiger partial charge is 0.0406 e. The van der Waals surface area contributed by atoms with Gasteiger partial charge in [-0.25, -0.2) is 0 Å². The Kier molecular flexibility index (Phi) is 5.00.